The zero-order valence-corrected chi connectivity index (χ0v) is 15.1. The van der Waals surface area contributed by atoms with E-state index in [0.29, 0.717) is 11.8 Å². The Balaban J connectivity index is 2.03. The molecule has 0 N–H and O–H groups in total. The van der Waals surface area contributed by atoms with E-state index in [4.69, 9.17) is 4.74 Å². The van der Waals surface area contributed by atoms with Crippen LogP contribution < -0.4 is 0 Å². The van der Waals surface area contributed by atoms with Crippen LogP contribution in [0.4, 0.5) is 5.69 Å². The maximum atomic E-state index is 5.63. The van der Waals surface area contributed by atoms with Gasteiger partial charge in [-0.05, 0) is 35.6 Å². The average molecular weight is 328 g/mol. The van der Waals surface area contributed by atoms with Crippen molar-refractivity contribution in [3.8, 4) is 0 Å². The molecule has 122 valence electrons. The highest BCUT2D eigenvalue weighted by Gasteiger charge is 2.13. The molecule has 2 rings (SSSR count). The second-order valence-corrected chi connectivity index (χ2v) is 7.18. The first kappa shape index (κ1) is 17.5. The third-order valence-corrected chi connectivity index (χ3v) is 4.25. The molecular formula is C19H24N2OS. The molecule has 1 aromatic heterocycles. The molecule has 0 aliphatic heterocycles. The topological polar surface area (TPSA) is 34.5 Å². The Kier molecular flexibility index (Phi) is 6.22. The molecule has 1 heterocycles. The van der Waals surface area contributed by atoms with Gasteiger partial charge in [0.1, 0.15) is 0 Å². The Bertz CT molecular complexity index is 631. The molecule has 0 saturated heterocycles. The Morgan fingerprint density at radius 3 is 2.48 bits per heavy atom. The summed E-state index contributed by atoms with van der Waals surface area (Å²) in [7, 11) is 0. The quantitative estimate of drug-likeness (QED) is 0.561. The van der Waals surface area contributed by atoms with Gasteiger partial charge in [-0.25, -0.2) is 4.99 Å². The van der Waals surface area contributed by atoms with Crippen LogP contribution in [0.1, 0.15) is 38.8 Å². The SMILES string of the molecule is CCOC(=Nc1cccnc1)SCc1ccc(C(C)(C)C)cc1. The predicted octanol–water partition coefficient (Wildman–Crippen LogP) is 5.34. The van der Waals surface area contributed by atoms with E-state index in [1.54, 1.807) is 24.2 Å². The van der Waals surface area contributed by atoms with Crippen LogP contribution in [-0.2, 0) is 15.9 Å². The normalized spacial score (nSPS) is 12.3. The number of benzene rings is 1. The number of hydrogen-bond acceptors (Lipinski definition) is 4. The minimum absolute atomic E-state index is 0.184. The Morgan fingerprint density at radius 1 is 1.17 bits per heavy atom. The summed E-state index contributed by atoms with van der Waals surface area (Å²) in [4.78, 5) is 8.59. The van der Waals surface area contributed by atoms with Gasteiger partial charge in [-0.15, -0.1) is 0 Å². The van der Waals surface area contributed by atoms with Gasteiger partial charge < -0.3 is 4.74 Å². The van der Waals surface area contributed by atoms with Gasteiger partial charge in [0.2, 0.25) is 0 Å². The van der Waals surface area contributed by atoms with Crippen molar-refractivity contribution in [3.05, 3.63) is 59.9 Å². The van der Waals surface area contributed by atoms with Gasteiger partial charge in [0, 0.05) is 11.9 Å². The van der Waals surface area contributed by atoms with Crippen LogP contribution >= 0.6 is 11.8 Å². The highest BCUT2D eigenvalue weighted by molar-refractivity contribution is 8.12. The average Bonchev–Trinajstić information content (AvgIpc) is 2.53. The molecule has 2 aromatic rings. The molecule has 0 fully saturated rings. The summed E-state index contributed by atoms with van der Waals surface area (Å²) in [5.41, 5.74) is 3.61. The fraction of sp³-hybridized carbons (Fsp3) is 0.368. The van der Waals surface area contributed by atoms with Crippen LogP contribution in [0.3, 0.4) is 0 Å². The summed E-state index contributed by atoms with van der Waals surface area (Å²) < 4.78 is 5.63. The highest BCUT2D eigenvalue weighted by Crippen LogP contribution is 2.24. The van der Waals surface area contributed by atoms with Gasteiger partial charge in [-0.1, -0.05) is 56.8 Å². The molecule has 0 radical (unpaired) electrons. The van der Waals surface area contributed by atoms with E-state index in [0.717, 1.165) is 11.4 Å². The fourth-order valence-electron chi connectivity index (χ4n) is 2.00. The number of rotatable bonds is 4. The number of aliphatic imine (C=N–C) groups is 1. The van der Waals surface area contributed by atoms with Gasteiger partial charge in [0.05, 0.1) is 18.5 Å². The lowest BCUT2D eigenvalue weighted by molar-refractivity contribution is 0.338. The van der Waals surface area contributed by atoms with Crippen LogP contribution in [0, 0.1) is 0 Å². The molecule has 1 aromatic carbocycles. The van der Waals surface area contributed by atoms with Crippen LogP contribution in [0.15, 0.2) is 53.8 Å². The third-order valence-electron chi connectivity index (χ3n) is 3.32. The highest BCUT2D eigenvalue weighted by atomic mass is 32.2. The van der Waals surface area contributed by atoms with Crippen LogP contribution in [0.25, 0.3) is 0 Å². The third kappa shape index (κ3) is 5.71. The van der Waals surface area contributed by atoms with Crippen molar-refractivity contribution < 1.29 is 4.74 Å². The summed E-state index contributed by atoms with van der Waals surface area (Å²) in [6.07, 6.45) is 3.47. The largest absolute Gasteiger partial charge is 0.473 e. The van der Waals surface area contributed by atoms with Crippen molar-refractivity contribution in [3.63, 3.8) is 0 Å². The van der Waals surface area contributed by atoms with E-state index >= 15 is 0 Å². The van der Waals surface area contributed by atoms with Gasteiger partial charge in [0.15, 0.2) is 0 Å². The number of hydrogen-bond donors (Lipinski definition) is 0. The predicted molar refractivity (Wildman–Crippen MR) is 99.4 cm³/mol. The van der Waals surface area contributed by atoms with Gasteiger partial charge in [-0.3, -0.25) is 4.98 Å². The summed E-state index contributed by atoms with van der Waals surface area (Å²) in [5.74, 6) is 0.837. The first-order valence-electron chi connectivity index (χ1n) is 7.83. The maximum Gasteiger partial charge on any atom is 0.251 e. The number of nitrogens with zero attached hydrogens (tertiary/aromatic N) is 2. The summed E-state index contributed by atoms with van der Waals surface area (Å²) in [5, 5.41) is 0.681. The molecule has 0 bridgehead atoms. The summed E-state index contributed by atoms with van der Waals surface area (Å²) in [6.45, 7) is 9.26. The molecule has 3 nitrogen and oxygen atoms in total. The van der Waals surface area contributed by atoms with Crippen LogP contribution in [0.2, 0.25) is 0 Å². The van der Waals surface area contributed by atoms with Crippen LogP contribution in [0.5, 0.6) is 0 Å². The van der Waals surface area contributed by atoms with Gasteiger partial charge >= 0.3 is 0 Å². The van der Waals surface area contributed by atoms with Crippen molar-refractivity contribution in [1.82, 2.24) is 4.98 Å². The summed E-state index contributed by atoms with van der Waals surface area (Å²) in [6, 6.07) is 12.6. The Morgan fingerprint density at radius 2 is 1.91 bits per heavy atom. The zero-order chi connectivity index (χ0) is 16.7. The van der Waals surface area contributed by atoms with Crippen molar-refractivity contribution in [2.24, 2.45) is 4.99 Å². The Hall–Kier alpha value is -1.81. The number of thioether (sulfide) groups is 1. The lowest BCUT2D eigenvalue weighted by Gasteiger charge is -2.19. The van der Waals surface area contributed by atoms with Gasteiger partial charge in [0.25, 0.3) is 5.23 Å². The minimum Gasteiger partial charge on any atom is -0.473 e. The lowest BCUT2D eigenvalue weighted by atomic mass is 9.87. The molecular weight excluding hydrogens is 304 g/mol. The first-order valence-corrected chi connectivity index (χ1v) is 8.81. The molecule has 0 aliphatic rings. The van der Waals surface area contributed by atoms with Crippen molar-refractivity contribution in [1.29, 1.82) is 0 Å². The molecule has 0 atom stereocenters. The number of pyridine rings is 1. The van der Waals surface area contributed by atoms with E-state index in [9.17, 15) is 0 Å². The maximum absolute atomic E-state index is 5.63. The van der Waals surface area contributed by atoms with Gasteiger partial charge in [-0.2, -0.15) is 0 Å². The molecule has 23 heavy (non-hydrogen) atoms. The van der Waals surface area contributed by atoms with E-state index in [-0.39, 0.29) is 5.41 Å². The molecule has 4 heteroatoms. The van der Waals surface area contributed by atoms with E-state index in [1.165, 1.54) is 11.1 Å². The first-order chi connectivity index (χ1) is 11.0. The molecule has 0 aliphatic carbocycles. The molecule has 0 spiro atoms. The second kappa shape index (κ2) is 8.16. The fourth-order valence-corrected chi connectivity index (χ4v) is 2.85. The van der Waals surface area contributed by atoms with Crippen LogP contribution in [-0.4, -0.2) is 16.8 Å². The lowest BCUT2D eigenvalue weighted by Crippen LogP contribution is -2.10. The second-order valence-electron chi connectivity index (χ2n) is 6.26. The van der Waals surface area contributed by atoms with Crippen molar-refractivity contribution >= 4 is 22.7 Å². The van der Waals surface area contributed by atoms with E-state index in [2.05, 4.69) is 55.0 Å². The Labute approximate surface area is 143 Å². The number of ether oxygens (including phenoxy) is 1. The number of aromatic nitrogens is 1. The molecule has 0 saturated carbocycles. The molecule has 0 amide bonds. The van der Waals surface area contributed by atoms with E-state index in [1.807, 2.05) is 19.1 Å². The van der Waals surface area contributed by atoms with Crippen molar-refractivity contribution in [2.45, 2.75) is 38.9 Å². The molecule has 0 unspecified atom stereocenters. The monoisotopic (exact) mass is 328 g/mol. The summed E-state index contributed by atoms with van der Waals surface area (Å²) >= 11 is 1.61. The minimum atomic E-state index is 0.184. The smallest absolute Gasteiger partial charge is 0.251 e. The van der Waals surface area contributed by atoms with E-state index < -0.39 is 0 Å². The van der Waals surface area contributed by atoms with Crippen molar-refractivity contribution in [2.75, 3.05) is 6.61 Å². The zero-order valence-electron chi connectivity index (χ0n) is 14.2. The standard InChI is InChI=1S/C19H24N2OS/c1-5-22-18(21-17-7-6-12-20-13-17)23-14-15-8-10-16(11-9-15)19(2,3)4/h6-13H,5,14H2,1-4H3.